The third-order valence-corrected chi connectivity index (χ3v) is 2.99. The zero-order chi connectivity index (χ0) is 12.0. The Morgan fingerprint density at radius 2 is 2.12 bits per heavy atom. The summed E-state index contributed by atoms with van der Waals surface area (Å²) in [6.07, 6.45) is 1.42. The van der Waals surface area contributed by atoms with Gasteiger partial charge in [0.1, 0.15) is 0 Å². The van der Waals surface area contributed by atoms with E-state index in [4.69, 9.17) is 4.74 Å². The van der Waals surface area contributed by atoms with E-state index in [0.29, 0.717) is 18.6 Å². The minimum Gasteiger partial charge on any atom is -0.463 e. The van der Waals surface area contributed by atoms with Gasteiger partial charge in [0, 0.05) is 10.0 Å². The molecule has 1 aromatic rings. The topological polar surface area (TPSA) is 26.3 Å². The van der Waals surface area contributed by atoms with Crippen LogP contribution in [0.25, 0.3) is 0 Å². The fourth-order valence-corrected chi connectivity index (χ4v) is 1.80. The Morgan fingerprint density at radius 3 is 2.75 bits per heavy atom. The highest BCUT2D eigenvalue weighted by atomic mass is 79.9. The van der Waals surface area contributed by atoms with Crippen molar-refractivity contribution in [3.8, 4) is 0 Å². The van der Waals surface area contributed by atoms with Crippen LogP contribution in [-0.2, 0) is 16.0 Å². The molecule has 0 spiro atoms. The number of rotatable bonds is 5. The molecule has 0 heterocycles. The quantitative estimate of drug-likeness (QED) is 0.610. The van der Waals surface area contributed by atoms with Gasteiger partial charge in [-0.15, -0.1) is 0 Å². The van der Waals surface area contributed by atoms with Crippen molar-refractivity contribution in [1.82, 2.24) is 0 Å². The van der Waals surface area contributed by atoms with Gasteiger partial charge in [0.05, 0.1) is 6.61 Å². The monoisotopic (exact) mass is 282 g/mol. The lowest BCUT2D eigenvalue weighted by Crippen LogP contribution is -2.07. The van der Waals surface area contributed by atoms with Gasteiger partial charge >= 0.3 is 5.97 Å². The van der Waals surface area contributed by atoms with E-state index in [2.05, 4.69) is 22.5 Å². The highest BCUT2D eigenvalue weighted by Crippen LogP contribution is 2.19. The molecule has 0 atom stereocenters. The number of hydrogen-bond acceptors (Lipinski definition) is 2. The van der Waals surface area contributed by atoms with Crippen LogP contribution in [0.3, 0.4) is 0 Å². The number of aryl methyl sites for hydroxylation is 1. The predicted molar refractivity (Wildman–Crippen MR) is 68.2 cm³/mol. The van der Waals surface area contributed by atoms with Crippen LogP contribution in [0, 0.1) is 0 Å². The maximum atomic E-state index is 11.3. The summed E-state index contributed by atoms with van der Waals surface area (Å²) in [6.45, 7) is 5.91. The molecular weight excluding hydrogens is 268 g/mol. The van der Waals surface area contributed by atoms with E-state index >= 15 is 0 Å². The van der Waals surface area contributed by atoms with Crippen molar-refractivity contribution in [3.05, 3.63) is 46.5 Å². The third-order valence-electron chi connectivity index (χ3n) is 2.22. The molecule has 0 aliphatic heterocycles. The second-order valence-electron chi connectivity index (χ2n) is 3.42. The van der Waals surface area contributed by atoms with Crippen LogP contribution in [-0.4, -0.2) is 12.6 Å². The van der Waals surface area contributed by atoms with Crippen molar-refractivity contribution in [2.75, 3.05) is 6.61 Å². The van der Waals surface area contributed by atoms with Gasteiger partial charge in [-0.2, -0.15) is 0 Å². The van der Waals surface area contributed by atoms with E-state index in [0.717, 1.165) is 10.9 Å². The molecule has 1 rings (SSSR count). The molecule has 86 valence electrons. The summed E-state index contributed by atoms with van der Waals surface area (Å²) >= 11 is 3.47. The maximum absolute atomic E-state index is 11.3. The van der Waals surface area contributed by atoms with Gasteiger partial charge in [0.25, 0.3) is 0 Å². The van der Waals surface area contributed by atoms with Crippen molar-refractivity contribution in [1.29, 1.82) is 0 Å². The van der Waals surface area contributed by atoms with Crippen molar-refractivity contribution in [2.24, 2.45) is 0 Å². The molecular formula is C13H15BrO2. The van der Waals surface area contributed by atoms with Crippen LogP contribution < -0.4 is 0 Å². The fraction of sp³-hybridized carbons (Fsp3) is 0.308. The summed E-state index contributed by atoms with van der Waals surface area (Å²) in [7, 11) is 0. The Morgan fingerprint density at radius 1 is 1.44 bits per heavy atom. The van der Waals surface area contributed by atoms with Crippen LogP contribution in [0.4, 0.5) is 0 Å². The fourth-order valence-electron chi connectivity index (χ4n) is 1.32. The molecule has 0 aliphatic carbocycles. The van der Waals surface area contributed by atoms with Crippen LogP contribution in [0.2, 0.25) is 0 Å². The molecule has 2 nitrogen and oxygen atoms in total. The molecule has 16 heavy (non-hydrogen) atoms. The Balaban J connectivity index is 2.49. The summed E-state index contributed by atoms with van der Waals surface area (Å²) in [5.74, 6) is -0.297. The minimum atomic E-state index is -0.297. The first-order valence-electron chi connectivity index (χ1n) is 5.23. The van der Waals surface area contributed by atoms with Gasteiger partial charge in [-0.3, -0.25) is 0 Å². The number of halogens is 1. The number of carbonyl (C=O) groups is 1. The SMILES string of the molecule is C=C(CCc1ccccc1Br)C(=O)OCC. The second-order valence-corrected chi connectivity index (χ2v) is 4.27. The summed E-state index contributed by atoms with van der Waals surface area (Å²) in [5.41, 5.74) is 1.70. The first-order valence-corrected chi connectivity index (χ1v) is 6.02. The lowest BCUT2D eigenvalue weighted by atomic mass is 10.1. The van der Waals surface area contributed by atoms with Crippen LogP contribution in [0.15, 0.2) is 40.9 Å². The highest BCUT2D eigenvalue weighted by molar-refractivity contribution is 9.10. The molecule has 0 amide bonds. The van der Waals surface area contributed by atoms with E-state index in [1.54, 1.807) is 6.92 Å². The molecule has 0 aromatic heterocycles. The lowest BCUT2D eigenvalue weighted by molar-refractivity contribution is -0.138. The number of esters is 1. The number of benzene rings is 1. The molecule has 0 saturated heterocycles. The Hall–Kier alpha value is -1.09. The minimum absolute atomic E-state index is 0.297. The third kappa shape index (κ3) is 3.81. The normalized spacial score (nSPS) is 9.88. The van der Waals surface area contributed by atoms with Crippen LogP contribution in [0.5, 0.6) is 0 Å². The van der Waals surface area contributed by atoms with Crippen LogP contribution >= 0.6 is 15.9 Å². The van der Waals surface area contributed by atoms with Gasteiger partial charge in [-0.05, 0) is 31.4 Å². The molecule has 0 fully saturated rings. The van der Waals surface area contributed by atoms with E-state index in [1.807, 2.05) is 24.3 Å². The van der Waals surface area contributed by atoms with Gasteiger partial charge in [-0.25, -0.2) is 4.79 Å². The molecule has 0 radical (unpaired) electrons. The zero-order valence-corrected chi connectivity index (χ0v) is 10.9. The molecule has 1 aromatic carbocycles. The van der Waals surface area contributed by atoms with E-state index in [1.165, 1.54) is 5.56 Å². The number of ether oxygens (including phenoxy) is 1. The first-order chi connectivity index (χ1) is 7.65. The molecule has 0 N–H and O–H groups in total. The largest absolute Gasteiger partial charge is 0.463 e. The van der Waals surface area contributed by atoms with Gasteiger partial charge < -0.3 is 4.74 Å². The van der Waals surface area contributed by atoms with Crippen LogP contribution in [0.1, 0.15) is 18.9 Å². The first kappa shape index (κ1) is 13.0. The van der Waals surface area contributed by atoms with Gasteiger partial charge in [0.15, 0.2) is 0 Å². The highest BCUT2D eigenvalue weighted by Gasteiger charge is 2.08. The smallest absolute Gasteiger partial charge is 0.333 e. The molecule has 0 aliphatic rings. The van der Waals surface area contributed by atoms with E-state index < -0.39 is 0 Å². The molecule has 0 unspecified atom stereocenters. The lowest BCUT2D eigenvalue weighted by Gasteiger charge is -2.06. The Labute approximate surface area is 104 Å². The van der Waals surface area contributed by atoms with Crippen molar-refractivity contribution < 1.29 is 9.53 Å². The molecule has 3 heteroatoms. The number of hydrogen-bond donors (Lipinski definition) is 0. The maximum Gasteiger partial charge on any atom is 0.333 e. The average molecular weight is 283 g/mol. The standard InChI is InChI=1S/C13H15BrO2/c1-3-16-13(15)10(2)8-9-11-6-4-5-7-12(11)14/h4-7H,2-3,8-9H2,1H3. The Kier molecular flexibility index (Phi) is 5.26. The molecule has 0 bridgehead atoms. The van der Waals surface area contributed by atoms with E-state index in [9.17, 15) is 4.79 Å². The summed E-state index contributed by atoms with van der Waals surface area (Å²) in [5, 5.41) is 0. The van der Waals surface area contributed by atoms with E-state index in [-0.39, 0.29) is 5.97 Å². The summed E-state index contributed by atoms with van der Waals surface area (Å²) < 4.78 is 5.93. The van der Waals surface area contributed by atoms with Crippen molar-refractivity contribution >= 4 is 21.9 Å². The van der Waals surface area contributed by atoms with Gasteiger partial charge in [0.2, 0.25) is 0 Å². The van der Waals surface area contributed by atoms with Crippen molar-refractivity contribution in [2.45, 2.75) is 19.8 Å². The zero-order valence-electron chi connectivity index (χ0n) is 9.33. The summed E-state index contributed by atoms with van der Waals surface area (Å²) in [4.78, 5) is 11.3. The number of carbonyl (C=O) groups excluding carboxylic acids is 1. The second kappa shape index (κ2) is 6.48. The predicted octanol–water partition coefficient (Wildman–Crippen LogP) is 3.50. The summed E-state index contributed by atoms with van der Waals surface area (Å²) in [6, 6.07) is 7.96. The van der Waals surface area contributed by atoms with Gasteiger partial charge in [-0.1, -0.05) is 40.7 Å². The van der Waals surface area contributed by atoms with Crippen molar-refractivity contribution in [3.63, 3.8) is 0 Å². The molecule has 0 saturated carbocycles. The Bertz CT molecular complexity index is 385. The average Bonchev–Trinajstić information content (AvgIpc) is 2.28.